The largest absolute Gasteiger partial charge is 0.366 e. The van der Waals surface area contributed by atoms with Crippen LogP contribution in [0.4, 0.5) is 0 Å². The van der Waals surface area contributed by atoms with Crippen molar-refractivity contribution in [3.63, 3.8) is 0 Å². The van der Waals surface area contributed by atoms with Gasteiger partial charge in [-0.3, -0.25) is 0 Å². The molecule has 0 amide bonds. The van der Waals surface area contributed by atoms with E-state index in [0.717, 1.165) is 0 Å². The van der Waals surface area contributed by atoms with E-state index in [1.165, 1.54) is 13.8 Å². The summed E-state index contributed by atoms with van der Waals surface area (Å²) in [5.74, 6) is -3.28. The molecule has 0 aromatic rings. The molecule has 0 atom stereocenters. The maximum Gasteiger partial charge on any atom is 0.159 e. The van der Waals surface area contributed by atoms with Crippen molar-refractivity contribution >= 4 is 0 Å². The van der Waals surface area contributed by atoms with E-state index in [2.05, 4.69) is 0 Å². The van der Waals surface area contributed by atoms with Crippen molar-refractivity contribution in [2.75, 3.05) is 0 Å². The van der Waals surface area contributed by atoms with Crippen molar-refractivity contribution in [1.82, 2.24) is 0 Å². The van der Waals surface area contributed by atoms with Gasteiger partial charge in [0.05, 0.1) is 0 Å². The van der Waals surface area contributed by atoms with Crippen LogP contribution in [0.2, 0.25) is 0 Å². The number of aliphatic hydroxyl groups is 4. The summed E-state index contributed by atoms with van der Waals surface area (Å²) in [4.78, 5) is 0. The zero-order chi connectivity index (χ0) is 9.83. The molecule has 0 aliphatic rings. The van der Waals surface area contributed by atoms with E-state index in [1.54, 1.807) is 0 Å². The fourth-order valence-corrected chi connectivity index (χ4v) is 0.920. The predicted molar refractivity (Wildman–Crippen MR) is 44.2 cm³/mol. The summed E-state index contributed by atoms with van der Waals surface area (Å²) in [7, 11) is 0. The third kappa shape index (κ3) is 9.84. The molecule has 0 saturated heterocycles. The summed E-state index contributed by atoms with van der Waals surface area (Å²) in [6.07, 6.45) is 1.65. The molecular weight excluding hydrogens is 160 g/mol. The first-order chi connectivity index (χ1) is 5.21. The predicted octanol–water partition coefficient (Wildman–Crippen LogP) is -0.0516. The molecule has 0 unspecified atom stereocenters. The topological polar surface area (TPSA) is 80.9 Å². The average Bonchev–Trinajstić information content (AvgIpc) is 1.76. The lowest BCUT2D eigenvalue weighted by Crippen LogP contribution is -2.24. The van der Waals surface area contributed by atoms with Crippen LogP contribution >= 0.6 is 0 Å². The van der Waals surface area contributed by atoms with Gasteiger partial charge in [-0.2, -0.15) is 0 Å². The third-order valence-corrected chi connectivity index (χ3v) is 1.55. The molecule has 4 N–H and O–H groups in total. The van der Waals surface area contributed by atoms with Gasteiger partial charge in [-0.1, -0.05) is 0 Å². The molecule has 0 heterocycles. The summed E-state index contributed by atoms with van der Waals surface area (Å²) in [5, 5.41) is 35.5. The van der Waals surface area contributed by atoms with Gasteiger partial charge in [-0.15, -0.1) is 0 Å². The van der Waals surface area contributed by atoms with E-state index in [-0.39, 0.29) is 12.8 Å². The van der Waals surface area contributed by atoms with Crippen LogP contribution in [0.5, 0.6) is 0 Å². The number of hydrogen-bond donors (Lipinski definition) is 4. The number of rotatable bonds is 5. The van der Waals surface area contributed by atoms with Crippen LogP contribution in [0.25, 0.3) is 0 Å². The second-order valence-corrected chi connectivity index (χ2v) is 3.64. The minimum Gasteiger partial charge on any atom is -0.366 e. The lowest BCUT2D eigenvalue weighted by Gasteiger charge is -2.18. The molecule has 0 aromatic carbocycles. The van der Waals surface area contributed by atoms with Gasteiger partial charge in [0.25, 0.3) is 0 Å². The minimum absolute atomic E-state index is 0.253. The summed E-state index contributed by atoms with van der Waals surface area (Å²) in [5.41, 5.74) is 0. The Balaban J connectivity index is 3.35. The van der Waals surface area contributed by atoms with E-state index in [9.17, 15) is 0 Å². The maximum atomic E-state index is 8.88. The standard InChI is InChI=1S/C8H18O4/c1-7(9,10)5-3-4-6-8(2,11)12/h9-12H,3-6H2,1-2H3. The van der Waals surface area contributed by atoms with Gasteiger partial charge in [-0.25, -0.2) is 0 Å². The summed E-state index contributed by atoms with van der Waals surface area (Å²) < 4.78 is 0. The van der Waals surface area contributed by atoms with E-state index >= 15 is 0 Å². The quantitative estimate of drug-likeness (QED) is 0.351. The molecule has 0 aromatic heterocycles. The summed E-state index contributed by atoms with van der Waals surface area (Å²) >= 11 is 0. The second-order valence-electron chi connectivity index (χ2n) is 3.64. The third-order valence-electron chi connectivity index (χ3n) is 1.55. The molecule has 0 spiro atoms. The average molecular weight is 178 g/mol. The van der Waals surface area contributed by atoms with Crippen molar-refractivity contribution in [2.45, 2.75) is 51.1 Å². The lowest BCUT2D eigenvalue weighted by molar-refractivity contribution is -0.160. The Morgan fingerprint density at radius 3 is 1.17 bits per heavy atom. The van der Waals surface area contributed by atoms with Gasteiger partial charge in [0.15, 0.2) is 11.6 Å². The summed E-state index contributed by atoms with van der Waals surface area (Å²) in [6.45, 7) is 2.62. The van der Waals surface area contributed by atoms with Gasteiger partial charge in [0.1, 0.15) is 0 Å². The Bertz CT molecular complexity index is 104. The first-order valence-electron chi connectivity index (χ1n) is 4.10. The van der Waals surface area contributed by atoms with Gasteiger partial charge < -0.3 is 20.4 Å². The highest BCUT2D eigenvalue weighted by molar-refractivity contribution is 4.60. The van der Waals surface area contributed by atoms with Crippen molar-refractivity contribution in [3.8, 4) is 0 Å². The normalized spacial score (nSPS) is 13.5. The Labute approximate surface area is 72.5 Å². The van der Waals surface area contributed by atoms with Crippen LogP contribution in [0.3, 0.4) is 0 Å². The van der Waals surface area contributed by atoms with Crippen LogP contribution in [0, 0.1) is 0 Å². The number of unbranched alkanes of at least 4 members (excludes halogenated alkanes) is 1. The highest BCUT2D eigenvalue weighted by atomic mass is 16.5. The van der Waals surface area contributed by atoms with Crippen LogP contribution < -0.4 is 0 Å². The van der Waals surface area contributed by atoms with Gasteiger partial charge in [0, 0.05) is 12.8 Å². The van der Waals surface area contributed by atoms with Crippen molar-refractivity contribution in [1.29, 1.82) is 0 Å². The highest BCUT2D eigenvalue weighted by Gasteiger charge is 2.17. The Morgan fingerprint density at radius 2 is 1.00 bits per heavy atom. The molecular formula is C8H18O4. The Hall–Kier alpha value is -0.160. The monoisotopic (exact) mass is 178 g/mol. The molecule has 0 aliphatic heterocycles. The minimum atomic E-state index is -1.64. The van der Waals surface area contributed by atoms with E-state index in [1.807, 2.05) is 0 Å². The molecule has 4 heteroatoms. The molecule has 0 saturated carbocycles. The van der Waals surface area contributed by atoms with E-state index in [0.29, 0.717) is 12.8 Å². The molecule has 12 heavy (non-hydrogen) atoms. The molecule has 0 fully saturated rings. The smallest absolute Gasteiger partial charge is 0.159 e. The highest BCUT2D eigenvalue weighted by Crippen LogP contribution is 2.14. The van der Waals surface area contributed by atoms with Gasteiger partial charge in [-0.05, 0) is 26.7 Å². The molecule has 0 rings (SSSR count). The number of hydrogen-bond acceptors (Lipinski definition) is 4. The van der Waals surface area contributed by atoms with Crippen molar-refractivity contribution in [3.05, 3.63) is 0 Å². The van der Waals surface area contributed by atoms with Crippen molar-refractivity contribution < 1.29 is 20.4 Å². The molecule has 0 radical (unpaired) electrons. The van der Waals surface area contributed by atoms with E-state index < -0.39 is 11.6 Å². The fourth-order valence-electron chi connectivity index (χ4n) is 0.920. The van der Waals surface area contributed by atoms with Crippen molar-refractivity contribution in [2.24, 2.45) is 0 Å². The lowest BCUT2D eigenvalue weighted by atomic mass is 10.1. The van der Waals surface area contributed by atoms with Gasteiger partial charge in [0.2, 0.25) is 0 Å². The SMILES string of the molecule is CC(O)(O)CCCCC(C)(O)O. The Kier molecular flexibility index (Phi) is 4.13. The zero-order valence-corrected chi connectivity index (χ0v) is 7.62. The van der Waals surface area contributed by atoms with Gasteiger partial charge >= 0.3 is 0 Å². The first-order valence-corrected chi connectivity index (χ1v) is 4.10. The zero-order valence-electron chi connectivity index (χ0n) is 7.62. The summed E-state index contributed by atoms with van der Waals surface area (Å²) in [6, 6.07) is 0. The van der Waals surface area contributed by atoms with Crippen LogP contribution in [0.1, 0.15) is 39.5 Å². The van der Waals surface area contributed by atoms with Crippen LogP contribution in [-0.2, 0) is 0 Å². The first kappa shape index (κ1) is 11.8. The molecule has 74 valence electrons. The van der Waals surface area contributed by atoms with Crippen LogP contribution in [0.15, 0.2) is 0 Å². The Morgan fingerprint density at radius 1 is 0.750 bits per heavy atom. The van der Waals surface area contributed by atoms with Crippen LogP contribution in [-0.4, -0.2) is 32.0 Å². The second kappa shape index (κ2) is 4.18. The molecule has 0 bridgehead atoms. The fraction of sp³-hybridized carbons (Fsp3) is 1.00. The molecule has 4 nitrogen and oxygen atoms in total. The maximum absolute atomic E-state index is 8.88. The van der Waals surface area contributed by atoms with E-state index in [4.69, 9.17) is 20.4 Å². The molecule has 0 aliphatic carbocycles.